The molecule has 0 aliphatic carbocycles. The summed E-state index contributed by atoms with van der Waals surface area (Å²) < 4.78 is 4.69. The summed E-state index contributed by atoms with van der Waals surface area (Å²) in [5.41, 5.74) is 0.319. The van der Waals surface area contributed by atoms with Gasteiger partial charge in [0, 0.05) is 5.57 Å². The Morgan fingerprint density at radius 1 is 1.69 bits per heavy atom. The minimum atomic E-state index is -0.790. The van der Waals surface area contributed by atoms with Crippen LogP contribution in [0.15, 0.2) is 37.0 Å². The van der Waals surface area contributed by atoms with Crippen LogP contribution in [-0.4, -0.2) is 23.8 Å². The number of aliphatic hydroxyl groups is 1. The van der Waals surface area contributed by atoms with Gasteiger partial charge in [-0.2, -0.15) is 0 Å². The fourth-order valence-corrected chi connectivity index (χ4v) is 0.547. The summed E-state index contributed by atoms with van der Waals surface area (Å²) in [6, 6.07) is 0. The lowest BCUT2D eigenvalue weighted by molar-refractivity contribution is -0.141. The second-order valence-electron chi connectivity index (χ2n) is 2.57. The Labute approximate surface area is 78.0 Å². The van der Waals surface area contributed by atoms with Crippen LogP contribution in [0.5, 0.6) is 0 Å². The monoisotopic (exact) mass is 182 g/mol. The van der Waals surface area contributed by atoms with Crippen molar-refractivity contribution < 1.29 is 14.6 Å². The molecule has 72 valence electrons. The molecule has 0 aromatic carbocycles. The number of aliphatic hydroxyl groups excluding tert-OH is 1. The Hall–Kier alpha value is -1.35. The van der Waals surface area contributed by atoms with E-state index in [1.54, 1.807) is 13.0 Å². The molecule has 1 atom stereocenters. The van der Waals surface area contributed by atoms with E-state index < -0.39 is 12.1 Å². The molecule has 0 radical (unpaired) electrons. The number of hydrogen-bond acceptors (Lipinski definition) is 3. The summed E-state index contributed by atoms with van der Waals surface area (Å²) in [6.45, 7) is 8.33. The Balaban J connectivity index is 3.76. The lowest BCUT2D eigenvalue weighted by Crippen LogP contribution is -2.16. The maximum absolute atomic E-state index is 10.8. The molecule has 1 N–H and O–H groups in total. The number of carbonyl (C=O) groups is 1. The third kappa shape index (κ3) is 5.87. The zero-order valence-electron chi connectivity index (χ0n) is 7.69. The maximum Gasteiger partial charge on any atom is 0.333 e. The van der Waals surface area contributed by atoms with Gasteiger partial charge >= 0.3 is 5.97 Å². The average molecular weight is 182 g/mol. The summed E-state index contributed by atoms with van der Waals surface area (Å²) in [6.07, 6.45) is 3.81. The minimum Gasteiger partial charge on any atom is -0.459 e. The van der Waals surface area contributed by atoms with Gasteiger partial charge in [-0.25, -0.2) is 4.79 Å². The molecule has 3 heteroatoms. The van der Waals surface area contributed by atoms with E-state index in [-0.39, 0.29) is 6.61 Å². The van der Waals surface area contributed by atoms with Gasteiger partial charge in [-0.05, 0) is 6.92 Å². The van der Waals surface area contributed by atoms with Crippen molar-refractivity contribution in [1.29, 1.82) is 0 Å². The Morgan fingerprint density at radius 3 is 2.77 bits per heavy atom. The molecule has 0 aromatic heterocycles. The number of esters is 1. The highest BCUT2D eigenvalue weighted by atomic mass is 16.5. The topological polar surface area (TPSA) is 46.5 Å². The van der Waals surface area contributed by atoms with E-state index in [1.807, 2.05) is 0 Å². The van der Waals surface area contributed by atoms with Gasteiger partial charge in [0.25, 0.3) is 0 Å². The second-order valence-corrected chi connectivity index (χ2v) is 2.57. The lowest BCUT2D eigenvalue weighted by atomic mass is 10.3. The highest BCUT2D eigenvalue weighted by molar-refractivity contribution is 5.86. The third-order valence-electron chi connectivity index (χ3n) is 1.20. The molecule has 0 aliphatic heterocycles. The van der Waals surface area contributed by atoms with E-state index in [9.17, 15) is 4.79 Å². The summed E-state index contributed by atoms with van der Waals surface area (Å²) in [7, 11) is 0. The largest absolute Gasteiger partial charge is 0.459 e. The molecule has 0 spiro atoms. The quantitative estimate of drug-likeness (QED) is 0.395. The van der Waals surface area contributed by atoms with Gasteiger partial charge in [-0.15, -0.1) is 0 Å². The van der Waals surface area contributed by atoms with Crippen LogP contribution in [0.4, 0.5) is 0 Å². The Kier molecular flexibility index (Phi) is 5.55. The van der Waals surface area contributed by atoms with Gasteiger partial charge in [0.2, 0.25) is 0 Å². The first kappa shape index (κ1) is 11.6. The first-order valence-corrected chi connectivity index (χ1v) is 3.88. The predicted octanol–water partition coefficient (Wildman–Crippen LogP) is 1.21. The normalized spacial score (nSPS) is 12.5. The molecule has 0 amide bonds. The fraction of sp³-hybridized carbons (Fsp3) is 0.300. The van der Waals surface area contributed by atoms with Crippen molar-refractivity contribution in [1.82, 2.24) is 0 Å². The molecule has 0 bridgehead atoms. The van der Waals surface area contributed by atoms with Gasteiger partial charge in [-0.3, -0.25) is 0 Å². The van der Waals surface area contributed by atoms with Crippen molar-refractivity contribution in [3.63, 3.8) is 0 Å². The minimum absolute atomic E-state index is 0.0595. The average Bonchev–Trinajstić information content (AvgIpc) is 2.10. The van der Waals surface area contributed by atoms with Crippen LogP contribution in [-0.2, 0) is 9.53 Å². The smallest absolute Gasteiger partial charge is 0.333 e. The fourth-order valence-electron chi connectivity index (χ4n) is 0.547. The van der Waals surface area contributed by atoms with E-state index in [2.05, 4.69) is 17.9 Å². The van der Waals surface area contributed by atoms with Crippen molar-refractivity contribution >= 4 is 5.97 Å². The molecule has 3 nitrogen and oxygen atoms in total. The van der Waals surface area contributed by atoms with Gasteiger partial charge in [0.05, 0.1) is 0 Å². The second kappa shape index (κ2) is 6.20. The van der Waals surface area contributed by atoms with Crippen LogP contribution >= 0.6 is 0 Å². The van der Waals surface area contributed by atoms with E-state index in [1.165, 1.54) is 12.2 Å². The number of carbonyl (C=O) groups excluding carboxylic acids is 1. The first-order chi connectivity index (χ1) is 6.07. The van der Waals surface area contributed by atoms with Gasteiger partial charge in [0.1, 0.15) is 12.7 Å². The summed E-state index contributed by atoms with van der Waals surface area (Å²) in [4.78, 5) is 10.8. The summed E-state index contributed by atoms with van der Waals surface area (Å²) in [5, 5.41) is 9.17. The molecule has 0 rings (SSSR count). The summed E-state index contributed by atoms with van der Waals surface area (Å²) in [5.74, 6) is -0.494. The van der Waals surface area contributed by atoms with Crippen molar-refractivity contribution in [2.45, 2.75) is 13.0 Å². The van der Waals surface area contributed by atoms with Crippen molar-refractivity contribution in [3.05, 3.63) is 37.0 Å². The predicted molar refractivity (Wildman–Crippen MR) is 51.1 cm³/mol. The molecule has 0 aromatic rings. The van der Waals surface area contributed by atoms with Gasteiger partial charge < -0.3 is 9.84 Å². The van der Waals surface area contributed by atoms with Crippen molar-refractivity contribution in [2.75, 3.05) is 6.61 Å². The Bertz CT molecular complexity index is 228. The Morgan fingerprint density at radius 2 is 2.31 bits per heavy atom. The number of hydrogen-bond donors (Lipinski definition) is 1. The third-order valence-corrected chi connectivity index (χ3v) is 1.20. The molecule has 0 heterocycles. The van der Waals surface area contributed by atoms with Crippen LogP contribution < -0.4 is 0 Å². The number of allylic oxidation sites excluding steroid dienone is 2. The molecule has 0 fully saturated rings. The van der Waals surface area contributed by atoms with E-state index in [0.29, 0.717) is 5.57 Å². The molecule has 13 heavy (non-hydrogen) atoms. The summed E-state index contributed by atoms with van der Waals surface area (Å²) >= 11 is 0. The number of rotatable bonds is 5. The zero-order valence-corrected chi connectivity index (χ0v) is 7.69. The van der Waals surface area contributed by atoms with Crippen LogP contribution in [0.3, 0.4) is 0 Å². The van der Waals surface area contributed by atoms with Crippen LogP contribution in [0.1, 0.15) is 6.92 Å². The molecular formula is C10H14O3. The molecule has 1 unspecified atom stereocenters. The van der Waals surface area contributed by atoms with Gasteiger partial charge in [0.15, 0.2) is 0 Å². The lowest BCUT2D eigenvalue weighted by Gasteiger charge is -2.06. The maximum atomic E-state index is 10.8. The zero-order chi connectivity index (χ0) is 10.3. The molecular weight excluding hydrogens is 168 g/mol. The molecule has 0 saturated carbocycles. The van der Waals surface area contributed by atoms with E-state index in [0.717, 1.165) is 0 Å². The molecule has 0 aliphatic rings. The highest BCUT2D eigenvalue weighted by Gasteiger charge is 2.05. The standard InChI is InChI=1S/C10H14O3/c1-4-5-6-9(11)7-13-10(12)8(2)3/h4-6,9,11H,1-2,7H2,3H3. The highest BCUT2D eigenvalue weighted by Crippen LogP contribution is 1.95. The van der Waals surface area contributed by atoms with Crippen molar-refractivity contribution in [2.24, 2.45) is 0 Å². The van der Waals surface area contributed by atoms with E-state index in [4.69, 9.17) is 5.11 Å². The van der Waals surface area contributed by atoms with Gasteiger partial charge in [-0.1, -0.05) is 31.4 Å². The SMILES string of the molecule is C=CC=CC(O)COC(=O)C(=C)C. The van der Waals surface area contributed by atoms with Crippen LogP contribution in [0.25, 0.3) is 0 Å². The number of ether oxygens (including phenoxy) is 1. The van der Waals surface area contributed by atoms with E-state index >= 15 is 0 Å². The van der Waals surface area contributed by atoms with Crippen LogP contribution in [0, 0.1) is 0 Å². The molecule has 0 saturated heterocycles. The van der Waals surface area contributed by atoms with Crippen molar-refractivity contribution in [3.8, 4) is 0 Å². The first-order valence-electron chi connectivity index (χ1n) is 3.88. The van der Waals surface area contributed by atoms with Crippen LogP contribution in [0.2, 0.25) is 0 Å².